The first-order chi connectivity index (χ1) is 8.52. The lowest BCUT2D eigenvalue weighted by atomic mass is 10.3. The van der Waals surface area contributed by atoms with Gasteiger partial charge in [0.1, 0.15) is 0 Å². The molecule has 1 rings (SSSR count). The molecule has 0 heterocycles. The normalized spacial score (nSPS) is 12.0. The Bertz CT molecular complexity index is 461. The summed E-state index contributed by atoms with van der Waals surface area (Å²) < 4.78 is 27.1. The van der Waals surface area contributed by atoms with Crippen molar-refractivity contribution in [2.75, 3.05) is 19.0 Å². The molecule has 0 aromatic heterocycles. The quantitative estimate of drug-likeness (QED) is 0.703. The van der Waals surface area contributed by atoms with Gasteiger partial charge in [-0.3, -0.25) is 0 Å². The second kappa shape index (κ2) is 7.48. The summed E-state index contributed by atoms with van der Waals surface area (Å²) >= 11 is 8.97. The predicted molar refractivity (Wildman–Crippen MR) is 78.5 cm³/mol. The van der Waals surface area contributed by atoms with Gasteiger partial charge in [-0.1, -0.05) is 29.3 Å². The molecule has 102 valence electrons. The third kappa shape index (κ3) is 4.23. The number of rotatable bonds is 7. The summed E-state index contributed by atoms with van der Waals surface area (Å²) in [6, 6.07) is 6.66. The maximum atomic E-state index is 12.4. The minimum Gasteiger partial charge on any atom is -0.207 e. The van der Waals surface area contributed by atoms with Gasteiger partial charge in [-0.2, -0.15) is 4.31 Å². The van der Waals surface area contributed by atoms with Gasteiger partial charge in [0.25, 0.3) is 0 Å². The van der Waals surface area contributed by atoms with Crippen molar-refractivity contribution in [3.05, 3.63) is 28.7 Å². The van der Waals surface area contributed by atoms with Crippen LogP contribution < -0.4 is 0 Å². The van der Waals surface area contributed by atoms with Crippen LogP contribution in [0.15, 0.2) is 33.6 Å². The van der Waals surface area contributed by atoms with Crippen molar-refractivity contribution in [1.29, 1.82) is 0 Å². The lowest BCUT2D eigenvalue weighted by Gasteiger charge is -2.21. The molecule has 0 aliphatic heterocycles. The highest BCUT2D eigenvalue weighted by molar-refractivity contribution is 9.10. The molecule has 1 aromatic rings. The number of sulfonamides is 1. The fourth-order valence-electron chi connectivity index (χ4n) is 1.54. The smallest absolute Gasteiger partial charge is 0.207 e. The molecule has 0 amide bonds. The van der Waals surface area contributed by atoms with Crippen LogP contribution in [0.25, 0.3) is 0 Å². The number of benzene rings is 1. The Balaban J connectivity index is 2.96. The molecule has 0 atom stereocenters. The van der Waals surface area contributed by atoms with Crippen LogP contribution in [0.5, 0.6) is 0 Å². The van der Waals surface area contributed by atoms with E-state index in [4.69, 9.17) is 11.6 Å². The van der Waals surface area contributed by atoms with E-state index in [9.17, 15) is 8.42 Å². The molecular weight excluding hydrogens is 338 g/mol. The largest absolute Gasteiger partial charge is 0.243 e. The minimum atomic E-state index is -3.42. The Morgan fingerprint density at radius 2 is 1.83 bits per heavy atom. The summed E-state index contributed by atoms with van der Waals surface area (Å²) in [6.45, 7) is 2.90. The molecule has 0 aliphatic rings. The Labute approximate surface area is 122 Å². The van der Waals surface area contributed by atoms with Crippen molar-refractivity contribution in [3.63, 3.8) is 0 Å². The van der Waals surface area contributed by atoms with Gasteiger partial charge in [0.15, 0.2) is 0 Å². The number of alkyl halides is 1. The van der Waals surface area contributed by atoms with E-state index in [0.29, 0.717) is 23.9 Å². The predicted octanol–water partition coefficient (Wildman–Crippen LogP) is 3.48. The average molecular weight is 355 g/mol. The fraction of sp³-hybridized carbons (Fsp3) is 0.500. The van der Waals surface area contributed by atoms with Gasteiger partial charge >= 0.3 is 0 Å². The molecule has 1 aromatic carbocycles. The topological polar surface area (TPSA) is 37.4 Å². The number of halogens is 2. The monoisotopic (exact) mass is 353 g/mol. The first-order valence-electron chi connectivity index (χ1n) is 5.84. The average Bonchev–Trinajstić information content (AvgIpc) is 2.35. The first kappa shape index (κ1) is 16.0. The van der Waals surface area contributed by atoms with Gasteiger partial charge < -0.3 is 0 Å². The molecule has 0 fully saturated rings. The van der Waals surface area contributed by atoms with Crippen LogP contribution in [0.2, 0.25) is 0 Å². The van der Waals surface area contributed by atoms with Crippen LogP contribution in [-0.2, 0) is 10.0 Å². The number of nitrogens with zero attached hydrogens (tertiary/aromatic N) is 1. The van der Waals surface area contributed by atoms with E-state index in [1.54, 1.807) is 24.3 Å². The van der Waals surface area contributed by atoms with E-state index in [0.717, 1.165) is 17.3 Å². The zero-order valence-corrected chi connectivity index (χ0v) is 13.4. The van der Waals surface area contributed by atoms with Crippen molar-refractivity contribution in [2.45, 2.75) is 24.7 Å². The van der Waals surface area contributed by atoms with Gasteiger partial charge in [-0.05, 0) is 30.7 Å². The zero-order chi connectivity index (χ0) is 13.6. The number of hydrogen-bond acceptors (Lipinski definition) is 2. The molecule has 0 spiro atoms. The van der Waals surface area contributed by atoms with Gasteiger partial charge in [0.05, 0.1) is 4.90 Å². The van der Waals surface area contributed by atoms with Crippen molar-refractivity contribution in [3.8, 4) is 0 Å². The molecule has 0 radical (unpaired) electrons. The highest BCUT2D eigenvalue weighted by Gasteiger charge is 2.23. The second-order valence-corrected chi connectivity index (χ2v) is 7.13. The van der Waals surface area contributed by atoms with Crippen LogP contribution in [0.1, 0.15) is 19.8 Å². The van der Waals surface area contributed by atoms with Crippen molar-refractivity contribution in [2.24, 2.45) is 0 Å². The molecule has 0 unspecified atom stereocenters. The van der Waals surface area contributed by atoms with Crippen molar-refractivity contribution >= 4 is 37.6 Å². The molecule has 3 nitrogen and oxygen atoms in total. The SMILES string of the molecule is CCCCN(CCCl)S(=O)(=O)c1ccc(Br)cc1. The lowest BCUT2D eigenvalue weighted by Crippen LogP contribution is -2.33. The minimum absolute atomic E-state index is 0.305. The van der Waals surface area contributed by atoms with Crippen LogP contribution in [-0.4, -0.2) is 31.7 Å². The molecule has 0 N–H and O–H groups in total. The fourth-order valence-corrected chi connectivity index (χ4v) is 3.58. The van der Waals surface area contributed by atoms with E-state index < -0.39 is 10.0 Å². The van der Waals surface area contributed by atoms with E-state index in [1.165, 1.54) is 4.31 Å². The summed E-state index contributed by atoms with van der Waals surface area (Å²) in [5.74, 6) is 0.305. The van der Waals surface area contributed by atoms with Crippen LogP contribution in [0.3, 0.4) is 0 Å². The molecular formula is C12H17BrClNO2S. The highest BCUT2D eigenvalue weighted by atomic mass is 79.9. The van der Waals surface area contributed by atoms with Gasteiger partial charge in [-0.25, -0.2) is 8.42 Å². The molecule has 0 saturated carbocycles. The van der Waals surface area contributed by atoms with Gasteiger partial charge in [-0.15, -0.1) is 11.6 Å². The maximum absolute atomic E-state index is 12.4. The Hall–Kier alpha value is -0.100. The van der Waals surface area contributed by atoms with E-state index in [1.807, 2.05) is 6.92 Å². The van der Waals surface area contributed by atoms with Crippen molar-refractivity contribution < 1.29 is 8.42 Å². The number of hydrogen-bond donors (Lipinski definition) is 0. The summed E-state index contributed by atoms with van der Waals surface area (Å²) in [6.07, 6.45) is 1.79. The third-order valence-electron chi connectivity index (χ3n) is 2.55. The van der Waals surface area contributed by atoms with Crippen LogP contribution >= 0.6 is 27.5 Å². The Kier molecular flexibility index (Phi) is 6.63. The summed E-state index contributed by atoms with van der Waals surface area (Å²) in [5, 5.41) is 0. The summed E-state index contributed by atoms with van der Waals surface area (Å²) in [7, 11) is -3.42. The lowest BCUT2D eigenvalue weighted by molar-refractivity contribution is 0.420. The second-order valence-electron chi connectivity index (χ2n) is 3.90. The van der Waals surface area contributed by atoms with E-state index in [2.05, 4.69) is 15.9 Å². The highest BCUT2D eigenvalue weighted by Crippen LogP contribution is 2.19. The maximum Gasteiger partial charge on any atom is 0.243 e. The molecule has 18 heavy (non-hydrogen) atoms. The van der Waals surface area contributed by atoms with Crippen LogP contribution in [0, 0.1) is 0 Å². The summed E-state index contributed by atoms with van der Waals surface area (Å²) in [5.41, 5.74) is 0. The first-order valence-corrected chi connectivity index (χ1v) is 8.60. The standard InChI is InChI=1S/C12H17BrClNO2S/c1-2-3-9-15(10-8-14)18(16,17)12-6-4-11(13)5-7-12/h4-7H,2-3,8-10H2,1H3. The van der Waals surface area contributed by atoms with Gasteiger partial charge in [0.2, 0.25) is 10.0 Å². The van der Waals surface area contributed by atoms with Crippen molar-refractivity contribution in [1.82, 2.24) is 4.31 Å². The summed E-state index contributed by atoms with van der Waals surface area (Å²) in [4.78, 5) is 0.312. The molecule has 0 bridgehead atoms. The van der Waals surface area contributed by atoms with E-state index >= 15 is 0 Å². The molecule has 0 aliphatic carbocycles. The zero-order valence-electron chi connectivity index (χ0n) is 10.3. The number of unbranched alkanes of at least 4 members (excludes halogenated alkanes) is 1. The van der Waals surface area contributed by atoms with Gasteiger partial charge in [0, 0.05) is 23.4 Å². The molecule has 0 saturated heterocycles. The Morgan fingerprint density at radius 3 is 2.33 bits per heavy atom. The third-order valence-corrected chi connectivity index (χ3v) is 5.16. The van der Waals surface area contributed by atoms with Crippen LogP contribution in [0.4, 0.5) is 0 Å². The Morgan fingerprint density at radius 1 is 1.22 bits per heavy atom. The molecule has 6 heteroatoms. The van der Waals surface area contributed by atoms with E-state index in [-0.39, 0.29) is 0 Å².